The summed E-state index contributed by atoms with van der Waals surface area (Å²) >= 11 is 6.48. The molecule has 1 fully saturated rings. The lowest BCUT2D eigenvalue weighted by Crippen LogP contribution is -2.24. The van der Waals surface area contributed by atoms with E-state index in [1.54, 1.807) is 26.4 Å². The zero-order valence-corrected chi connectivity index (χ0v) is 19.8. The number of anilines is 2. The zero-order valence-electron chi connectivity index (χ0n) is 19.1. The number of benzene rings is 1. The first-order valence-electron chi connectivity index (χ1n) is 11.1. The lowest BCUT2D eigenvalue weighted by atomic mass is 10.0. The summed E-state index contributed by atoms with van der Waals surface area (Å²) in [7, 11) is 3.08. The first-order valence-corrected chi connectivity index (χ1v) is 11.5. The number of nitrogens with two attached hydrogens (primary N) is 1. The molecule has 0 aliphatic heterocycles. The molecule has 2 unspecified atom stereocenters. The molecular weight excluding hydrogens is 457 g/mol. The average Bonchev–Trinajstić information content (AvgIpc) is 3.26. The van der Waals surface area contributed by atoms with Crippen molar-refractivity contribution in [1.29, 1.82) is 0 Å². The molecule has 9 heteroatoms. The van der Waals surface area contributed by atoms with Crippen LogP contribution in [0.5, 0.6) is 5.88 Å². The van der Waals surface area contributed by atoms with Crippen LogP contribution in [0.3, 0.4) is 0 Å². The monoisotopic (exact) mass is 483 g/mol. The molecule has 4 rings (SSSR count). The van der Waals surface area contributed by atoms with Gasteiger partial charge in [0.1, 0.15) is 17.7 Å². The van der Waals surface area contributed by atoms with Crippen LogP contribution in [0.2, 0.25) is 5.02 Å². The van der Waals surface area contributed by atoms with Gasteiger partial charge < -0.3 is 20.7 Å². The average molecular weight is 484 g/mol. The van der Waals surface area contributed by atoms with E-state index in [1.165, 1.54) is 23.2 Å². The van der Waals surface area contributed by atoms with E-state index < -0.39 is 11.7 Å². The number of ether oxygens (including phenoxy) is 1. The largest absolute Gasteiger partial charge is 0.474 e. The summed E-state index contributed by atoms with van der Waals surface area (Å²) in [6.45, 7) is 0.725. The normalized spacial score (nSPS) is 17.4. The van der Waals surface area contributed by atoms with Crippen molar-refractivity contribution in [2.75, 3.05) is 31.7 Å². The molecule has 0 radical (unpaired) electrons. The molecule has 0 bridgehead atoms. The Morgan fingerprint density at radius 3 is 2.76 bits per heavy atom. The van der Waals surface area contributed by atoms with Crippen molar-refractivity contribution in [3.63, 3.8) is 0 Å². The van der Waals surface area contributed by atoms with E-state index in [9.17, 15) is 4.79 Å². The highest BCUT2D eigenvalue weighted by Gasteiger charge is 2.27. The molecule has 1 aliphatic rings. The Bertz CT molecular complexity index is 1180. The van der Waals surface area contributed by atoms with Gasteiger partial charge in [-0.2, -0.15) is 0 Å². The molecule has 1 aliphatic carbocycles. The van der Waals surface area contributed by atoms with Crippen LogP contribution in [0, 0.1) is 11.7 Å². The topological polar surface area (TPSA) is 93.4 Å². The Balaban J connectivity index is 1.41. The number of nitrogen functional groups attached to an aromatic ring is 1. The minimum Gasteiger partial charge on any atom is -0.474 e. The number of rotatable bonds is 7. The second-order valence-corrected chi connectivity index (χ2v) is 9.02. The quantitative estimate of drug-likeness (QED) is 0.465. The Morgan fingerprint density at radius 1 is 1.24 bits per heavy atom. The summed E-state index contributed by atoms with van der Waals surface area (Å²) in [4.78, 5) is 22.3. The number of hydrogen-bond donors (Lipinski definition) is 2. The Hall–Kier alpha value is -3.39. The SMILES string of the molecule is CN(C)C(=O)c1c(N)ccc(-c2cnc(NCC3CCC(Oc4ccccn4)C3)cc2Cl)c1F. The third-order valence-corrected chi connectivity index (χ3v) is 6.24. The molecule has 3 aromatic rings. The standard InChI is InChI=1S/C25H27ClFN5O2/c1-32(2)25(33)23-20(28)9-8-17(24(23)27)18-14-31-21(12-19(18)26)30-13-15-6-7-16(11-15)34-22-5-3-4-10-29-22/h3-5,8-10,12,14-16H,6-7,11,13,28H2,1-2H3,(H,30,31). The summed E-state index contributed by atoms with van der Waals surface area (Å²) in [6, 6.07) is 10.3. The Labute approximate surface area is 203 Å². The van der Waals surface area contributed by atoms with Gasteiger partial charge in [-0.1, -0.05) is 17.7 Å². The highest BCUT2D eigenvalue weighted by Crippen LogP contribution is 2.34. The second-order valence-electron chi connectivity index (χ2n) is 8.61. The molecule has 0 spiro atoms. The second kappa shape index (κ2) is 10.3. The molecule has 3 N–H and O–H groups in total. The van der Waals surface area contributed by atoms with E-state index in [2.05, 4.69) is 15.3 Å². The number of halogens is 2. The van der Waals surface area contributed by atoms with Crippen LogP contribution >= 0.6 is 11.6 Å². The zero-order chi connectivity index (χ0) is 24.2. The first-order chi connectivity index (χ1) is 16.3. The Morgan fingerprint density at radius 2 is 2.06 bits per heavy atom. The summed E-state index contributed by atoms with van der Waals surface area (Å²) in [5, 5.41) is 3.64. The van der Waals surface area contributed by atoms with Gasteiger partial charge in [-0.15, -0.1) is 0 Å². The fourth-order valence-corrected chi connectivity index (χ4v) is 4.38. The van der Waals surface area contributed by atoms with Crippen molar-refractivity contribution in [3.8, 4) is 17.0 Å². The molecule has 2 heterocycles. The van der Waals surface area contributed by atoms with Gasteiger partial charge in [0.2, 0.25) is 5.88 Å². The minimum atomic E-state index is -0.715. The van der Waals surface area contributed by atoms with Crippen LogP contribution in [0.1, 0.15) is 29.6 Å². The fraction of sp³-hybridized carbons (Fsp3) is 0.320. The molecule has 1 amide bonds. The third-order valence-electron chi connectivity index (χ3n) is 5.93. The van der Waals surface area contributed by atoms with Gasteiger partial charge in [-0.3, -0.25) is 4.79 Å². The van der Waals surface area contributed by atoms with Gasteiger partial charge in [0, 0.05) is 55.9 Å². The van der Waals surface area contributed by atoms with Crippen molar-refractivity contribution in [3.05, 3.63) is 65.2 Å². The highest BCUT2D eigenvalue weighted by molar-refractivity contribution is 6.33. The van der Waals surface area contributed by atoms with Gasteiger partial charge >= 0.3 is 0 Å². The molecule has 7 nitrogen and oxygen atoms in total. The van der Waals surface area contributed by atoms with Crippen LogP contribution < -0.4 is 15.8 Å². The first kappa shape index (κ1) is 23.8. The van der Waals surface area contributed by atoms with Crippen LogP contribution in [0.25, 0.3) is 11.1 Å². The number of nitrogens with one attached hydrogen (secondary N) is 1. The number of aromatic nitrogens is 2. The van der Waals surface area contributed by atoms with E-state index in [0.717, 1.165) is 25.8 Å². The van der Waals surface area contributed by atoms with E-state index >= 15 is 4.39 Å². The fourth-order valence-electron chi connectivity index (χ4n) is 4.12. The molecule has 2 atom stereocenters. The molecule has 1 aromatic carbocycles. The summed E-state index contributed by atoms with van der Waals surface area (Å²) in [5.41, 5.74) is 6.33. The van der Waals surface area contributed by atoms with Gasteiger partial charge in [0.15, 0.2) is 0 Å². The third kappa shape index (κ3) is 5.22. The van der Waals surface area contributed by atoms with Crippen LogP contribution in [0.4, 0.5) is 15.9 Å². The molecular formula is C25H27ClFN5O2. The van der Waals surface area contributed by atoms with Crippen molar-refractivity contribution in [1.82, 2.24) is 14.9 Å². The number of amides is 1. The van der Waals surface area contributed by atoms with Crippen molar-refractivity contribution < 1.29 is 13.9 Å². The number of nitrogens with zero attached hydrogens (tertiary/aromatic N) is 3. The summed E-state index contributed by atoms with van der Waals surface area (Å²) in [6.07, 6.45) is 6.31. The molecule has 1 saturated carbocycles. The molecule has 34 heavy (non-hydrogen) atoms. The van der Waals surface area contributed by atoms with Gasteiger partial charge in [0.25, 0.3) is 5.91 Å². The maximum Gasteiger partial charge on any atom is 0.258 e. The van der Waals surface area contributed by atoms with E-state index in [-0.39, 0.29) is 22.9 Å². The predicted molar refractivity (Wildman–Crippen MR) is 132 cm³/mol. The van der Waals surface area contributed by atoms with Crippen molar-refractivity contribution in [2.45, 2.75) is 25.4 Å². The lowest BCUT2D eigenvalue weighted by molar-refractivity contribution is 0.0824. The molecule has 2 aromatic heterocycles. The van der Waals surface area contributed by atoms with Crippen LogP contribution in [-0.4, -0.2) is 47.5 Å². The smallest absolute Gasteiger partial charge is 0.258 e. The number of pyridine rings is 2. The van der Waals surface area contributed by atoms with Crippen LogP contribution in [0.15, 0.2) is 48.8 Å². The number of hydrogen-bond acceptors (Lipinski definition) is 6. The Kier molecular flexibility index (Phi) is 7.17. The van der Waals surface area contributed by atoms with E-state index in [1.807, 2.05) is 18.2 Å². The number of carbonyl (C=O) groups excluding carboxylic acids is 1. The molecule has 178 valence electrons. The predicted octanol–water partition coefficient (Wildman–Crippen LogP) is 4.88. The highest BCUT2D eigenvalue weighted by atomic mass is 35.5. The van der Waals surface area contributed by atoms with E-state index in [4.69, 9.17) is 22.1 Å². The number of carbonyl (C=O) groups is 1. The van der Waals surface area contributed by atoms with Crippen molar-refractivity contribution >= 4 is 29.0 Å². The minimum absolute atomic E-state index is 0.0733. The maximum absolute atomic E-state index is 15.2. The molecule has 0 saturated heterocycles. The van der Waals surface area contributed by atoms with Crippen LogP contribution in [-0.2, 0) is 0 Å². The van der Waals surface area contributed by atoms with E-state index in [0.29, 0.717) is 28.2 Å². The summed E-state index contributed by atoms with van der Waals surface area (Å²) < 4.78 is 21.2. The van der Waals surface area contributed by atoms with Gasteiger partial charge in [0.05, 0.1) is 10.6 Å². The van der Waals surface area contributed by atoms with Crippen molar-refractivity contribution in [2.24, 2.45) is 5.92 Å². The maximum atomic E-state index is 15.2. The summed E-state index contributed by atoms with van der Waals surface area (Å²) in [5.74, 6) is 0.455. The van der Waals surface area contributed by atoms with Gasteiger partial charge in [-0.05, 0) is 49.4 Å². The lowest BCUT2D eigenvalue weighted by Gasteiger charge is -2.16. The van der Waals surface area contributed by atoms with Gasteiger partial charge in [-0.25, -0.2) is 14.4 Å².